The van der Waals surface area contributed by atoms with E-state index in [1.165, 1.54) is 11.8 Å². The van der Waals surface area contributed by atoms with E-state index in [-0.39, 0.29) is 0 Å². The molecule has 2 nitrogen and oxygen atoms in total. The van der Waals surface area contributed by atoms with Crippen molar-refractivity contribution in [3.63, 3.8) is 0 Å². The highest BCUT2D eigenvalue weighted by molar-refractivity contribution is 5.83. The number of hydrogen-bond acceptors (Lipinski definition) is 2. The summed E-state index contributed by atoms with van der Waals surface area (Å²) in [4.78, 5) is 4.23. The van der Waals surface area contributed by atoms with Crippen LogP contribution in [0.15, 0.2) is 47.6 Å². The Balaban J connectivity index is 2.78. The third-order valence-corrected chi connectivity index (χ3v) is 2.07. The first kappa shape index (κ1) is 11.2. The maximum atomic E-state index is 5.33. The van der Waals surface area contributed by atoms with E-state index < -0.39 is 0 Å². The SMILES string of the molecule is C=C(/N=C\C(C)=C/N)c1ccc(C)cc1. The smallest absolute Gasteiger partial charge is 0.0630 e. The van der Waals surface area contributed by atoms with E-state index in [4.69, 9.17) is 5.73 Å². The van der Waals surface area contributed by atoms with Crippen LogP contribution in [0, 0.1) is 6.92 Å². The minimum absolute atomic E-state index is 0.746. The molecule has 0 spiro atoms. The van der Waals surface area contributed by atoms with Crippen molar-refractivity contribution < 1.29 is 0 Å². The Morgan fingerprint density at radius 1 is 1.33 bits per heavy atom. The van der Waals surface area contributed by atoms with Crippen molar-refractivity contribution in [2.75, 3.05) is 0 Å². The van der Waals surface area contributed by atoms with Gasteiger partial charge in [-0.2, -0.15) is 0 Å². The molecule has 2 heteroatoms. The van der Waals surface area contributed by atoms with Gasteiger partial charge in [0, 0.05) is 6.21 Å². The molecule has 0 aromatic heterocycles. The predicted molar refractivity (Wildman–Crippen MR) is 66.6 cm³/mol. The van der Waals surface area contributed by atoms with E-state index in [0.717, 1.165) is 16.8 Å². The Bertz CT molecular complexity index is 397. The first-order valence-corrected chi connectivity index (χ1v) is 4.82. The lowest BCUT2D eigenvalue weighted by molar-refractivity contribution is 1.43. The Morgan fingerprint density at radius 3 is 2.47 bits per heavy atom. The molecule has 0 radical (unpaired) electrons. The van der Waals surface area contributed by atoms with Crippen LogP contribution < -0.4 is 5.73 Å². The van der Waals surface area contributed by atoms with Gasteiger partial charge in [0.15, 0.2) is 0 Å². The number of nitrogens with zero attached hydrogens (tertiary/aromatic N) is 1. The summed E-state index contributed by atoms with van der Waals surface area (Å²) in [6.45, 7) is 7.84. The number of hydrogen-bond donors (Lipinski definition) is 1. The van der Waals surface area contributed by atoms with E-state index in [0.29, 0.717) is 0 Å². The second-order valence-corrected chi connectivity index (χ2v) is 3.48. The van der Waals surface area contributed by atoms with E-state index in [2.05, 4.69) is 18.5 Å². The molecular formula is C13H16N2. The molecule has 1 aromatic carbocycles. The summed E-state index contributed by atoms with van der Waals surface area (Å²) in [5.41, 5.74) is 9.26. The molecule has 0 unspecified atom stereocenters. The lowest BCUT2D eigenvalue weighted by Gasteiger charge is -2.00. The van der Waals surface area contributed by atoms with Gasteiger partial charge in [-0.3, -0.25) is 4.99 Å². The van der Waals surface area contributed by atoms with E-state index in [1.54, 1.807) is 6.21 Å². The molecule has 2 N–H and O–H groups in total. The van der Waals surface area contributed by atoms with Crippen molar-refractivity contribution in [1.29, 1.82) is 0 Å². The van der Waals surface area contributed by atoms with Crippen LogP contribution in [0.5, 0.6) is 0 Å². The van der Waals surface area contributed by atoms with Gasteiger partial charge in [0.2, 0.25) is 0 Å². The van der Waals surface area contributed by atoms with Crippen molar-refractivity contribution in [3.8, 4) is 0 Å². The van der Waals surface area contributed by atoms with Gasteiger partial charge < -0.3 is 5.73 Å². The molecule has 15 heavy (non-hydrogen) atoms. The van der Waals surface area contributed by atoms with Gasteiger partial charge >= 0.3 is 0 Å². The summed E-state index contributed by atoms with van der Waals surface area (Å²) >= 11 is 0. The molecule has 0 aliphatic carbocycles. The van der Waals surface area contributed by atoms with Crippen LogP contribution in [0.2, 0.25) is 0 Å². The largest absolute Gasteiger partial charge is 0.404 e. The van der Waals surface area contributed by atoms with Gasteiger partial charge in [-0.05, 0) is 31.2 Å². The molecule has 0 amide bonds. The summed E-state index contributed by atoms with van der Waals surface area (Å²) in [6.07, 6.45) is 3.23. The van der Waals surface area contributed by atoms with E-state index in [9.17, 15) is 0 Å². The lowest BCUT2D eigenvalue weighted by atomic mass is 10.1. The van der Waals surface area contributed by atoms with Gasteiger partial charge in [-0.25, -0.2) is 0 Å². The van der Waals surface area contributed by atoms with Gasteiger partial charge in [0.1, 0.15) is 0 Å². The first-order valence-electron chi connectivity index (χ1n) is 4.82. The minimum atomic E-state index is 0.746. The maximum absolute atomic E-state index is 5.33. The fraction of sp³-hybridized carbons (Fsp3) is 0.154. The second-order valence-electron chi connectivity index (χ2n) is 3.48. The number of aryl methyl sites for hydroxylation is 1. The summed E-state index contributed by atoms with van der Waals surface area (Å²) in [6, 6.07) is 8.11. The molecular weight excluding hydrogens is 184 g/mol. The fourth-order valence-electron chi connectivity index (χ4n) is 1.04. The molecule has 0 atom stereocenters. The number of rotatable bonds is 3. The standard InChI is InChI=1S/C13H16N2/c1-10-4-6-13(7-5-10)12(3)15-9-11(2)8-14/h4-9H,3,14H2,1-2H3/b11-8-,15-9-. The molecule has 0 heterocycles. The lowest BCUT2D eigenvalue weighted by Crippen LogP contribution is -1.86. The topological polar surface area (TPSA) is 38.4 Å². The Morgan fingerprint density at radius 2 is 1.93 bits per heavy atom. The van der Waals surface area contributed by atoms with Gasteiger partial charge in [-0.1, -0.05) is 36.4 Å². The highest BCUT2D eigenvalue weighted by Crippen LogP contribution is 2.14. The molecule has 0 saturated carbocycles. The predicted octanol–water partition coefficient (Wildman–Crippen LogP) is 2.90. The molecule has 0 bridgehead atoms. The average molecular weight is 200 g/mol. The highest BCUT2D eigenvalue weighted by Gasteiger charge is 1.94. The highest BCUT2D eigenvalue weighted by atomic mass is 14.7. The van der Waals surface area contributed by atoms with Crippen LogP contribution in [0.4, 0.5) is 0 Å². The van der Waals surface area contributed by atoms with E-state index >= 15 is 0 Å². The van der Waals surface area contributed by atoms with Gasteiger partial charge in [0.05, 0.1) is 5.70 Å². The quantitative estimate of drug-likeness (QED) is 0.748. The first-order chi connectivity index (χ1) is 7.13. The number of aliphatic imine (C=N–C) groups is 1. The Labute approximate surface area is 90.8 Å². The van der Waals surface area contributed by atoms with Crippen molar-refractivity contribution >= 4 is 11.9 Å². The summed E-state index contributed by atoms with van der Waals surface area (Å²) < 4.78 is 0. The maximum Gasteiger partial charge on any atom is 0.0630 e. The molecule has 0 aliphatic heterocycles. The van der Waals surface area contributed by atoms with Crippen molar-refractivity contribution in [2.24, 2.45) is 10.7 Å². The normalized spacial score (nSPS) is 12.0. The van der Waals surface area contributed by atoms with Crippen LogP contribution in [0.25, 0.3) is 5.70 Å². The zero-order valence-corrected chi connectivity index (χ0v) is 9.20. The Kier molecular flexibility index (Phi) is 3.86. The van der Waals surface area contributed by atoms with Gasteiger partial charge in [-0.15, -0.1) is 0 Å². The molecule has 1 aromatic rings. The van der Waals surface area contributed by atoms with Crippen molar-refractivity contribution in [2.45, 2.75) is 13.8 Å². The zero-order chi connectivity index (χ0) is 11.3. The number of allylic oxidation sites excluding steroid dienone is 1. The van der Waals surface area contributed by atoms with Crippen LogP contribution in [0.3, 0.4) is 0 Å². The van der Waals surface area contributed by atoms with Crippen molar-refractivity contribution in [1.82, 2.24) is 0 Å². The number of benzene rings is 1. The van der Waals surface area contributed by atoms with Crippen molar-refractivity contribution in [3.05, 3.63) is 53.7 Å². The van der Waals surface area contributed by atoms with Crippen LogP contribution in [-0.4, -0.2) is 6.21 Å². The number of nitrogens with two attached hydrogens (primary N) is 1. The molecule has 1 rings (SSSR count). The summed E-state index contributed by atoms with van der Waals surface area (Å²) in [5.74, 6) is 0. The third-order valence-electron chi connectivity index (χ3n) is 2.07. The Hall–Kier alpha value is -1.83. The molecule has 0 saturated heterocycles. The van der Waals surface area contributed by atoms with Crippen LogP contribution in [0.1, 0.15) is 18.1 Å². The zero-order valence-electron chi connectivity index (χ0n) is 9.20. The average Bonchev–Trinajstić information content (AvgIpc) is 2.26. The minimum Gasteiger partial charge on any atom is -0.404 e. The second kappa shape index (κ2) is 5.15. The molecule has 0 fully saturated rings. The van der Waals surface area contributed by atoms with Crippen LogP contribution >= 0.6 is 0 Å². The van der Waals surface area contributed by atoms with Crippen LogP contribution in [-0.2, 0) is 0 Å². The summed E-state index contributed by atoms with van der Waals surface area (Å²) in [5, 5.41) is 0. The fourth-order valence-corrected chi connectivity index (χ4v) is 1.04. The monoisotopic (exact) mass is 200 g/mol. The van der Waals surface area contributed by atoms with Gasteiger partial charge in [0.25, 0.3) is 0 Å². The molecule has 0 aliphatic rings. The third kappa shape index (κ3) is 3.43. The van der Waals surface area contributed by atoms with E-state index in [1.807, 2.05) is 31.2 Å². The summed E-state index contributed by atoms with van der Waals surface area (Å²) in [7, 11) is 0. The molecule has 78 valence electrons.